The summed E-state index contributed by atoms with van der Waals surface area (Å²) in [5.41, 5.74) is 2.83. The van der Waals surface area contributed by atoms with Gasteiger partial charge in [0, 0.05) is 5.56 Å². The molecule has 0 fully saturated rings. The molecule has 33 heavy (non-hydrogen) atoms. The first-order chi connectivity index (χ1) is 15.8. The Hall–Kier alpha value is -3.31. The fraction of sp³-hybridized carbons (Fsp3) is 0.259. The van der Waals surface area contributed by atoms with Crippen LogP contribution >= 0.6 is 11.6 Å². The molecule has 0 saturated heterocycles. The van der Waals surface area contributed by atoms with Crippen LogP contribution in [0.5, 0.6) is 5.75 Å². The second-order valence-corrected chi connectivity index (χ2v) is 9.04. The molecule has 1 atom stereocenters. The van der Waals surface area contributed by atoms with Crippen molar-refractivity contribution in [1.29, 1.82) is 0 Å². The topological polar surface area (TPSA) is 64.4 Å². The number of carbonyl (C=O) groups excluding carboxylic acids is 1. The van der Waals surface area contributed by atoms with Crippen LogP contribution in [0.4, 0.5) is 5.69 Å². The summed E-state index contributed by atoms with van der Waals surface area (Å²) in [7, 11) is 0. The van der Waals surface area contributed by atoms with Crippen LogP contribution in [0.15, 0.2) is 71.1 Å². The average Bonchev–Trinajstić information content (AvgIpc) is 3.23. The third kappa shape index (κ3) is 5.04. The molecule has 3 aromatic carbocycles. The average molecular weight is 463 g/mol. The molecule has 1 unspecified atom stereocenters. The van der Waals surface area contributed by atoms with E-state index in [0.717, 1.165) is 23.1 Å². The highest BCUT2D eigenvalue weighted by atomic mass is 35.5. The van der Waals surface area contributed by atoms with Gasteiger partial charge in [0.05, 0.1) is 10.7 Å². The minimum atomic E-state index is -1.11. The maximum atomic E-state index is 13.0. The number of para-hydroxylation sites is 1. The zero-order valence-electron chi connectivity index (χ0n) is 19.2. The first-order valence-electron chi connectivity index (χ1n) is 11.0. The Labute approximate surface area is 198 Å². The Morgan fingerprint density at radius 1 is 1.12 bits per heavy atom. The van der Waals surface area contributed by atoms with Crippen molar-refractivity contribution in [2.75, 3.05) is 5.32 Å². The van der Waals surface area contributed by atoms with Crippen molar-refractivity contribution in [2.24, 2.45) is 0 Å². The van der Waals surface area contributed by atoms with E-state index < -0.39 is 5.60 Å². The van der Waals surface area contributed by atoms with Crippen molar-refractivity contribution in [3.05, 3.63) is 77.3 Å². The van der Waals surface area contributed by atoms with E-state index in [2.05, 4.69) is 36.3 Å². The van der Waals surface area contributed by atoms with Crippen molar-refractivity contribution in [3.63, 3.8) is 0 Å². The van der Waals surface area contributed by atoms with Gasteiger partial charge in [0.1, 0.15) is 11.3 Å². The molecular formula is C27H27ClN2O3. The number of fused-ring (bicyclic) bond motifs is 1. The maximum absolute atomic E-state index is 13.0. The minimum Gasteiger partial charge on any atom is -0.478 e. The number of benzene rings is 3. The van der Waals surface area contributed by atoms with E-state index >= 15 is 0 Å². The molecule has 0 aliphatic rings. The Morgan fingerprint density at radius 2 is 1.88 bits per heavy atom. The maximum Gasteiger partial charge on any atom is 0.268 e. The van der Waals surface area contributed by atoms with Crippen LogP contribution in [-0.2, 0) is 4.79 Å². The molecule has 1 aromatic heterocycles. The van der Waals surface area contributed by atoms with Crippen LogP contribution < -0.4 is 10.1 Å². The molecule has 0 bridgehead atoms. The molecule has 0 aliphatic heterocycles. The molecule has 0 spiro atoms. The zero-order chi connectivity index (χ0) is 23.6. The van der Waals surface area contributed by atoms with Gasteiger partial charge in [0.15, 0.2) is 11.2 Å². The summed E-state index contributed by atoms with van der Waals surface area (Å²) in [5, 5.41) is 3.30. The minimum absolute atomic E-state index is 0.318. The first kappa shape index (κ1) is 22.9. The molecule has 170 valence electrons. The van der Waals surface area contributed by atoms with Gasteiger partial charge in [-0.1, -0.05) is 49.7 Å². The van der Waals surface area contributed by atoms with Crippen molar-refractivity contribution < 1.29 is 13.9 Å². The summed E-state index contributed by atoms with van der Waals surface area (Å²) in [5.74, 6) is 1.22. The quantitative estimate of drug-likeness (QED) is 0.309. The smallest absolute Gasteiger partial charge is 0.268 e. The second kappa shape index (κ2) is 9.28. The lowest BCUT2D eigenvalue weighted by atomic mass is 9.98. The Kier molecular flexibility index (Phi) is 6.43. The standard InChI is InChI=1S/C27H27ClN2O3/c1-5-17(2)18-12-14-24-23(15-18)29-25(32-24)19-11-13-21(28)22(16-19)30-26(31)27(3,4)33-20-9-7-6-8-10-20/h6-17H,5H2,1-4H3,(H,30,31). The van der Waals surface area contributed by atoms with Crippen molar-refractivity contribution >= 4 is 34.3 Å². The van der Waals surface area contributed by atoms with E-state index in [1.807, 2.05) is 42.5 Å². The van der Waals surface area contributed by atoms with Crippen LogP contribution in [0.3, 0.4) is 0 Å². The van der Waals surface area contributed by atoms with E-state index in [9.17, 15) is 4.79 Å². The Morgan fingerprint density at radius 3 is 2.61 bits per heavy atom. The van der Waals surface area contributed by atoms with Gasteiger partial charge in [-0.3, -0.25) is 4.79 Å². The van der Waals surface area contributed by atoms with Gasteiger partial charge in [0.2, 0.25) is 5.89 Å². The number of nitrogens with one attached hydrogen (secondary N) is 1. The Bertz CT molecular complexity index is 1280. The molecule has 4 aromatic rings. The summed E-state index contributed by atoms with van der Waals surface area (Å²) < 4.78 is 11.9. The molecule has 6 heteroatoms. The third-order valence-electron chi connectivity index (χ3n) is 5.72. The van der Waals surface area contributed by atoms with Gasteiger partial charge in [-0.05, 0) is 74.2 Å². The molecular weight excluding hydrogens is 436 g/mol. The van der Waals surface area contributed by atoms with Crippen molar-refractivity contribution in [3.8, 4) is 17.2 Å². The summed E-state index contributed by atoms with van der Waals surface area (Å²) in [4.78, 5) is 17.6. The fourth-order valence-corrected chi connectivity index (χ4v) is 3.63. The fourth-order valence-electron chi connectivity index (χ4n) is 3.47. The number of amides is 1. The van der Waals surface area contributed by atoms with Gasteiger partial charge >= 0.3 is 0 Å². The lowest BCUT2D eigenvalue weighted by Crippen LogP contribution is -2.42. The highest BCUT2D eigenvalue weighted by molar-refractivity contribution is 6.34. The SMILES string of the molecule is CCC(C)c1ccc2oc(-c3ccc(Cl)c(NC(=O)C(C)(C)Oc4ccccc4)c3)nc2c1. The highest BCUT2D eigenvalue weighted by Crippen LogP contribution is 2.32. The number of anilines is 1. The molecule has 0 aliphatic carbocycles. The number of hydrogen-bond donors (Lipinski definition) is 1. The molecule has 1 heterocycles. The van der Waals surface area contributed by atoms with Crippen molar-refractivity contribution in [1.82, 2.24) is 4.98 Å². The van der Waals surface area contributed by atoms with E-state index in [4.69, 9.17) is 20.8 Å². The number of halogens is 1. The van der Waals surface area contributed by atoms with E-state index in [1.165, 1.54) is 5.56 Å². The number of aromatic nitrogens is 1. The first-order valence-corrected chi connectivity index (χ1v) is 11.4. The van der Waals surface area contributed by atoms with Crippen LogP contribution in [0, 0.1) is 0 Å². The zero-order valence-corrected chi connectivity index (χ0v) is 19.9. The van der Waals surface area contributed by atoms with Gasteiger partial charge in [-0.25, -0.2) is 4.98 Å². The number of rotatable bonds is 7. The van der Waals surface area contributed by atoms with Gasteiger partial charge < -0.3 is 14.5 Å². The molecule has 0 radical (unpaired) electrons. The van der Waals surface area contributed by atoms with Gasteiger partial charge in [0.25, 0.3) is 5.91 Å². The van der Waals surface area contributed by atoms with E-state index in [1.54, 1.807) is 26.0 Å². The number of ether oxygens (including phenoxy) is 1. The van der Waals surface area contributed by atoms with Gasteiger partial charge in [-0.2, -0.15) is 0 Å². The molecule has 1 N–H and O–H groups in total. The molecule has 5 nitrogen and oxygen atoms in total. The van der Waals surface area contributed by atoms with Gasteiger partial charge in [-0.15, -0.1) is 0 Å². The molecule has 4 rings (SSSR count). The largest absolute Gasteiger partial charge is 0.478 e. The summed E-state index contributed by atoms with van der Waals surface area (Å²) in [6.45, 7) is 7.78. The normalized spacial score (nSPS) is 12.5. The van der Waals surface area contributed by atoms with Crippen LogP contribution in [0.1, 0.15) is 45.6 Å². The van der Waals surface area contributed by atoms with Crippen LogP contribution in [0.2, 0.25) is 5.02 Å². The summed E-state index contributed by atoms with van der Waals surface area (Å²) in [6.07, 6.45) is 1.06. The van der Waals surface area contributed by atoms with Crippen LogP contribution in [0.25, 0.3) is 22.6 Å². The molecule has 1 amide bonds. The Balaban J connectivity index is 1.58. The van der Waals surface area contributed by atoms with E-state index in [0.29, 0.717) is 28.3 Å². The second-order valence-electron chi connectivity index (χ2n) is 8.63. The number of carbonyl (C=O) groups is 1. The lowest BCUT2D eigenvalue weighted by Gasteiger charge is -2.25. The summed E-state index contributed by atoms with van der Waals surface area (Å²) >= 11 is 6.38. The highest BCUT2D eigenvalue weighted by Gasteiger charge is 2.30. The molecule has 0 saturated carbocycles. The third-order valence-corrected chi connectivity index (χ3v) is 6.05. The monoisotopic (exact) mass is 462 g/mol. The van der Waals surface area contributed by atoms with E-state index in [-0.39, 0.29) is 5.91 Å². The van der Waals surface area contributed by atoms with Crippen molar-refractivity contribution in [2.45, 2.75) is 45.6 Å². The number of oxazole rings is 1. The number of nitrogens with zero attached hydrogens (tertiary/aromatic N) is 1. The van der Waals surface area contributed by atoms with Crippen LogP contribution in [-0.4, -0.2) is 16.5 Å². The predicted molar refractivity (Wildman–Crippen MR) is 133 cm³/mol. The number of hydrogen-bond acceptors (Lipinski definition) is 4. The summed E-state index contributed by atoms with van der Waals surface area (Å²) in [6, 6.07) is 20.6. The lowest BCUT2D eigenvalue weighted by molar-refractivity contribution is -0.128. The predicted octanol–water partition coefficient (Wildman–Crippen LogP) is 7.46.